The fraction of sp³-hybridized carbons (Fsp3) is 0.188. The lowest BCUT2D eigenvalue weighted by molar-refractivity contribution is -0.120. The molecule has 1 atom stereocenters. The molecular formula is C16H18N2O2. The van der Waals surface area contributed by atoms with Crippen molar-refractivity contribution in [2.24, 2.45) is 0 Å². The van der Waals surface area contributed by atoms with Crippen molar-refractivity contribution >= 4 is 11.6 Å². The predicted octanol–water partition coefficient (Wildman–Crippen LogP) is 1.66. The first-order valence-corrected chi connectivity index (χ1v) is 6.49. The standard InChI is InChI=1S/C16H18N2O2/c17-14-8-6-12(7-9-14)10-16(20)18-11-15(19)13-4-2-1-3-5-13/h1-9,15,19H,10-11,17H2,(H,18,20). The third kappa shape index (κ3) is 4.10. The highest BCUT2D eigenvalue weighted by Crippen LogP contribution is 2.11. The Bertz CT molecular complexity index is 552. The zero-order chi connectivity index (χ0) is 14.4. The molecule has 0 saturated carbocycles. The van der Waals surface area contributed by atoms with Crippen LogP contribution in [-0.2, 0) is 11.2 Å². The number of nitrogens with two attached hydrogens (primary N) is 1. The fourth-order valence-electron chi connectivity index (χ4n) is 1.89. The minimum absolute atomic E-state index is 0.121. The van der Waals surface area contributed by atoms with Crippen LogP contribution in [-0.4, -0.2) is 17.6 Å². The SMILES string of the molecule is Nc1ccc(CC(=O)NCC(O)c2ccccc2)cc1. The third-order valence-corrected chi connectivity index (χ3v) is 3.02. The molecule has 0 aliphatic rings. The molecular weight excluding hydrogens is 252 g/mol. The van der Waals surface area contributed by atoms with E-state index in [2.05, 4.69) is 5.32 Å². The predicted molar refractivity (Wildman–Crippen MR) is 79.0 cm³/mol. The van der Waals surface area contributed by atoms with Crippen LogP contribution in [0.2, 0.25) is 0 Å². The number of benzene rings is 2. The van der Waals surface area contributed by atoms with Crippen LogP contribution >= 0.6 is 0 Å². The van der Waals surface area contributed by atoms with Gasteiger partial charge >= 0.3 is 0 Å². The molecule has 0 saturated heterocycles. The number of nitrogen functional groups attached to an aromatic ring is 1. The van der Waals surface area contributed by atoms with E-state index in [0.29, 0.717) is 5.69 Å². The highest BCUT2D eigenvalue weighted by Gasteiger charge is 2.09. The maximum atomic E-state index is 11.8. The van der Waals surface area contributed by atoms with Crippen molar-refractivity contribution in [2.75, 3.05) is 12.3 Å². The van der Waals surface area contributed by atoms with Gasteiger partial charge in [0, 0.05) is 12.2 Å². The van der Waals surface area contributed by atoms with Crippen molar-refractivity contribution < 1.29 is 9.90 Å². The molecule has 0 heterocycles. The molecule has 0 aromatic heterocycles. The first-order valence-electron chi connectivity index (χ1n) is 6.49. The number of anilines is 1. The van der Waals surface area contributed by atoms with Gasteiger partial charge in [0.05, 0.1) is 12.5 Å². The van der Waals surface area contributed by atoms with E-state index in [1.165, 1.54) is 0 Å². The van der Waals surface area contributed by atoms with Crippen molar-refractivity contribution in [1.29, 1.82) is 0 Å². The summed E-state index contributed by atoms with van der Waals surface area (Å²) in [5, 5.41) is 12.7. The Morgan fingerprint density at radius 3 is 2.40 bits per heavy atom. The van der Waals surface area contributed by atoms with E-state index in [-0.39, 0.29) is 18.9 Å². The molecule has 2 aromatic carbocycles. The summed E-state index contributed by atoms with van der Waals surface area (Å²) in [6.45, 7) is 0.206. The largest absolute Gasteiger partial charge is 0.399 e. The average Bonchev–Trinajstić information content (AvgIpc) is 2.48. The van der Waals surface area contributed by atoms with Crippen molar-refractivity contribution in [2.45, 2.75) is 12.5 Å². The Kier molecular flexibility index (Phi) is 4.74. The summed E-state index contributed by atoms with van der Waals surface area (Å²) in [5.74, 6) is -0.121. The summed E-state index contributed by atoms with van der Waals surface area (Å²) in [6, 6.07) is 16.4. The monoisotopic (exact) mass is 270 g/mol. The van der Waals surface area contributed by atoms with Gasteiger partial charge in [-0.25, -0.2) is 0 Å². The summed E-state index contributed by atoms with van der Waals surface area (Å²) in [7, 11) is 0. The Morgan fingerprint density at radius 1 is 1.10 bits per heavy atom. The third-order valence-electron chi connectivity index (χ3n) is 3.02. The van der Waals surface area contributed by atoms with Crippen LogP contribution in [0.25, 0.3) is 0 Å². The van der Waals surface area contributed by atoms with Crippen molar-refractivity contribution in [1.82, 2.24) is 5.32 Å². The summed E-state index contributed by atoms with van der Waals surface area (Å²) < 4.78 is 0. The van der Waals surface area contributed by atoms with Gasteiger partial charge in [-0.15, -0.1) is 0 Å². The maximum Gasteiger partial charge on any atom is 0.224 e. The maximum absolute atomic E-state index is 11.8. The number of aliphatic hydroxyl groups is 1. The van der Waals surface area contributed by atoms with E-state index >= 15 is 0 Å². The molecule has 4 heteroatoms. The van der Waals surface area contributed by atoms with Gasteiger partial charge in [-0.2, -0.15) is 0 Å². The number of carbonyl (C=O) groups excluding carboxylic acids is 1. The highest BCUT2D eigenvalue weighted by molar-refractivity contribution is 5.78. The fourth-order valence-corrected chi connectivity index (χ4v) is 1.89. The van der Waals surface area contributed by atoms with Crippen LogP contribution in [0.5, 0.6) is 0 Å². The molecule has 104 valence electrons. The van der Waals surface area contributed by atoms with Gasteiger partial charge in [0.15, 0.2) is 0 Å². The summed E-state index contributed by atoms with van der Waals surface area (Å²) in [5.41, 5.74) is 7.95. The zero-order valence-electron chi connectivity index (χ0n) is 11.1. The van der Waals surface area contributed by atoms with Gasteiger partial charge in [-0.1, -0.05) is 42.5 Å². The van der Waals surface area contributed by atoms with E-state index in [4.69, 9.17) is 5.73 Å². The quantitative estimate of drug-likeness (QED) is 0.723. The topological polar surface area (TPSA) is 75.4 Å². The molecule has 0 aliphatic heterocycles. The van der Waals surface area contributed by atoms with Crippen LogP contribution in [0.15, 0.2) is 54.6 Å². The summed E-state index contributed by atoms with van der Waals surface area (Å²) in [4.78, 5) is 11.8. The Hall–Kier alpha value is -2.33. The number of amides is 1. The number of carbonyl (C=O) groups is 1. The lowest BCUT2D eigenvalue weighted by Gasteiger charge is -2.12. The van der Waals surface area contributed by atoms with E-state index in [0.717, 1.165) is 11.1 Å². The number of hydrogen-bond acceptors (Lipinski definition) is 3. The van der Waals surface area contributed by atoms with Gasteiger partial charge in [0.2, 0.25) is 5.91 Å². The number of rotatable bonds is 5. The summed E-state index contributed by atoms with van der Waals surface area (Å²) >= 11 is 0. The smallest absolute Gasteiger partial charge is 0.224 e. The van der Waals surface area contributed by atoms with E-state index < -0.39 is 6.10 Å². The van der Waals surface area contributed by atoms with E-state index in [1.807, 2.05) is 42.5 Å². The van der Waals surface area contributed by atoms with Gasteiger partial charge in [-0.3, -0.25) is 4.79 Å². The molecule has 0 radical (unpaired) electrons. The van der Waals surface area contributed by atoms with Crippen LogP contribution in [0, 0.1) is 0 Å². The molecule has 1 amide bonds. The first kappa shape index (κ1) is 14.1. The average molecular weight is 270 g/mol. The highest BCUT2D eigenvalue weighted by atomic mass is 16.3. The van der Waals surface area contributed by atoms with Crippen LogP contribution < -0.4 is 11.1 Å². The molecule has 0 aliphatic carbocycles. The molecule has 1 unspecified atom stereocenters. The van der Waals surface area contributed by atoms with E-state index in [1.54, 1.807) is 12.1 Å². The Morgan fingerprint density at radius 2 is 1.75 bits per heavy atom. The van der Waals surface area contributed by atoms with Gasteiger partial charge in [0.1, 0.15) is 0 Å². The second-order valence-electron chi connectivity index (χ2n) is 4.65. The van der Waals surface area contributed by atoms with Crippen LogP contribution in [0.3, 0.4) is 0 Å². The number of nitrogens with one attached hydrogen (secondary N) is 1. The first-order chi connectivity index (χ1) is 9.65. The normalized spacial score (nSPS) is 11.8. The second-order valence-corrected chi connectivity index (χ2v) is 4.65. The lowest BCUT2D eigenvalue weighted by atomic mass is 10.1. The molecule has 0 fully saturated rings. The van der Waals surface area contributed by atoms with E-state index in [9.17, 15) is 9.90 Å². The lowest BCUT2D eigenvalue weighted by Crippen LogP contribution is -2.29. The Balaban J connectivity index is 1.82. The van der Waals surface area contributed by atoms with Crippen LogP contribution in [0.4, 0.5) is 5.69 Å². The molecule has 20 heavy (non-hydrogen) atoms. The van der Waals surface area contributed by atoms with Crippen LogP contribution in [0.1, 0.15) is 17.2 Å². The number of aliphatic hydroxyl groups excluding tert-OH is 1. The second kappa shape index (κ2) is 6.73. The molecule has 2 aromatic rings. The van der Waals surface area contributed by atoms with Gasteiger partial charge in [-0.05, 0) is 23.3 Å². The minimum Gasteiger partial charge on any atom is -0.399 e. The molecule has 4 nitrogen and oxygen atoms in total. The zero-order valence-corrected chi connectivity index (χ0v) is 11.1. The summed E-state index contributed by atoms with van der Waals surface area (Å²) in [6.07, 6.45) is -0.409. The van der Waals surface area contributed by atoms with Gasteiger partial charge in [0.25, 0.3) is 0 Å². The van der Waals surface area contributed by atoms with Crippen molar-refractivity contribution in [3.8, 4) is 0 Å². The van der Waals surface area contributed by atoms with Gasteiger partial charge < -0.3 is 16.2 Å². The minimum atomic E-state index is -0.688. The Labute approximate surface area is 118 Å². The number of hydrogen-bond donors (Lipinski definition) is 3. The molecule has 0 bridgehead atoms. The van der Waals surface area contributed by atoms with Crippen molar-refractivity contribution in [3.05, 3.63) is 65.7 Å². The molecule has 2 rings (SSSR count). The molecule has 4 N–H and O–H groups in total. The van der Waals surface area contributed by atoms with Crippen molar-refractivity contribution in [3.63, 3.8) is 0 Å². The molecule has 0 spiro atoms.